The number of hydrogen-bond donors (Lipinski definition) is 19. The number of rotatable bonds is 28. The number of aromatic nitrogens is 4. The van der Waals surface area contributed by atoms with Crippen molar-refractivity contribution >= 4 is 146 Å². The summed E-state index contributed by atoms with van der Waals surface area (Å²) in [5.41, 5.74) is 19.9. The fourth-order valence-electron chi connectivity index (χ4n) is 17.3. The normalized spacial score (nSPS) is 24.5. The number of aliphatic hydroxyl groups is 2. The number of thioether (sulfide) groups is 1. The highest BCUT2D eigenvalue weighted by Crippen LogP contribution is 2.31. The van der Waals surface area contributed by atoms with E-state index in [0.29, 0.717) is 69.9 Å². The highest BCUT2D eigenvalue weighted by Gasteiger charge is 2.47. The van der Waals surface area contributed by atoms with E-state index in [1.807, 2.05) is 13.8 Å². The minimum atomic E-state index is -1.82. The Hall–Kier alpha value is -13.9. The topological polar surface area (TPSA) is 664 Å². The Balaban J connectivity index is 1.11. The summed E-state index contributed by atoms with van der Waals surface area (Å²) in [4.78, 5) is 282. The number of carbonyl (C=O) groups is 18. The predicted octanol–water partition coefficient (Wildman–Crippen LogP) is -1.63. The lowest BCUT2D eigenvalue weighted by molar-refractivity contribution is -0.150. The van der Waals surface area contributed by atoms with Crippen molar-refractivity contribution in [3.63, 3.8) is 0 Å². The Bertz CT molecular complexity index is 5340. The molecule has 3 aliphatic heterocycles. The maximum atomic E-state index is 15.8. The van der Waals surface area contributed by atoms with Crippen LogP contribution in [0.25, 0.3) is 21.8 Å². The molecule has 3 aromatic carbocycles. The van der Waals surface area contributed by atoms with Crippen LogP contribution in [0.4, 0.5) is 0 Å². The fraction of sp³-hybridized carbons (Fsp3) is 0.527. The molecule has 748 valence electrons. The van der Waals surface area contributed by atoms with Gasteiger partial charge in [-0.2, -0.15) is 0 Å². The number of guanidine groups is 1. The molecule has 6 heterocycles. The van der Waals surface area contributed by atoms with Crippen molar-refractivity contribution in [2.75, 3.05) is 72.5 Å². The molecule has 44 nitrogen and oxygen atoms in total. The Morgan fingerprint density at radius 1 is 0.572 bits per heavy atom. The van der Waals surface area contributed by atoms with Crippen LogP contribution in [0.1, 0.15) is 146 Å². The lowest BCUT2D eigenvalue weighted by atomic mass is 9.88. The van der Waals surface area contributed by atoms with Crippen LogP contribution in [0.2, 0.25) is 0 Å². The number of imidazole rings is 1. The molecule has 45 heteroatoms. The average molecular weight is 1940 g/mol. The van der Waals surface area contributed by atoms with Crippen molar-refractivity contribution in [3.05, 3.63) is 120 Å². The van der Waals surface area contributed by atoms with E-state index in [0.717, 1.165) is 31.4 Å². The summed E-state index contributed by atoms with van der Waals surface area (Å²) in [5.74, 6) is -21.2. The van der Waals surface area contributed by atoms with Crippen molar-refractivity contribution in [1.82, 2.24) is 92.3 Å². The molecule has 3 aliphatic rings. The van der Waals surface area contributed by atoms with Gasteiger partial charge in [0.2, 0.25) is 88.6 Å². The number of carboxylic acid groups (broad SMARTS) is 1. The van der Waals surface area contributed by atoms with E-state index in [1.54, 1.807) is 85.2 Å². The first-order valence-corrected chi connectivity index (χ1v) is 47.3. The van der Waals surface area contributed by atoms with Gasteiger partial charge in [-0.25, -0.2) is 4.98 Å². The number of aliphatic carboxylic acids is 1. The lowest BCUT2D eigenvalue weighted by Crippen LogP contribution is -2.60. The number of carbonyl (C=O) groups excluding carboxylic acids is 17. The zero-order valence-electron chi connectivity index (χ0n) is 78.4. The van der Waals surface area contributed by atoms with Gasteiger partial charge in [-0.3, -0.25) is 91.7 Å². The standard InChI is InChI=1S/C93H128N22O22S/c1-8-10-23-71-86(130)105-64(22-16-32-99-93(96)97)84(128)110-70(83(127)102-45-78(95)121)48-138-49-79(122)104-67(34-52-26-28-59(137-7)29-27-52)89(133)111(4)51(3)81(125)108-68(41-77(94)120)91(135)114-33-17-25-72(114)87(131)107-66(39-57-44-98-50-103-57)85(129)106-65(30-31-80(123)124)90(134)115-46-58(117)40-74(115)76(119)37-53(35-55-42-100-62-20-14-12-18-60(55)62)82(126)109-69(47-116)75(118)38-54(36-56-43-101-63-21-15-13-19-61(56)63)88(132)113(6)73(24-11-9-2)92(136)112(71)5/h12-15,18-21,26-29,42-44,50-51,53-54,58,64-74,100-101,116-117H,8-11,16-17,22-25,30-41,45-49H2,1-7H3,(H2,94,120)(H2,95,121)(H,98,103)(H,102,127)(H,104,122)(H,105,130)(H,106,129)(H,107,131)(H,108,125)(H,109,126)(H,110,128)(H,123,124)(H4,96,97,99)/t51-,53+,54+,58+,64-,65-,66-,67-,68-,69-,70-,71-,72-,73-,74-/m0/s1. The molecule has 0 spiro atoms. The second-order valence-corrected chi connectivity index (χ2v) is 36.1. The van der Waals surface area contributed by atoms with Crippen molar-refractivity contribution in [1.29, 1.82) is 5.41 Å². The van der Waals surface area contributed by atoms with Gasteiger partial charge in [0.15, 0.2) is 17.5 Å². The van der Waals surface area contributed by atoms with Gasteiger partial charge in [0.25, 0.3) is 0 Å². The molecule has 0 radical (unpaired) electrons. The third kappa shape index (κ3) is 30.1. The summed E-state index contributed by atoms with van der Waals surface area (Å²) < 4.78 is 5.35. The zero-order valence-corrected chi connectivity index (χ0v) is 79.2. The monoisotopic (exact) mass is 1940 g/mol. The van der Waals surface area contributed by atoms with Gasteiger partial charge in [-0.15, -0.1) is 11.8 Å². The number of nitrogens with one attached hydrogen (secondary N) is 13. The van der Waals surface area contributed by atoms with Gasteiger partial charge in [0.1, 0.15) is 72.2 Å². The maximum absolute atomic E-state index is 15.8. The van der Waals surface area contributed by atoms with Crippen LogP contribution in [-0.2, 0) is 112 Å². The van der Waals surface area contributed by atoms with E-state index < -0.39 is 279 Å². The molecule has 6 aromatic rings. The number of benzene rings is 3. The molecule has 15 atom stereocenters. The van der Waals surface area contributed by atoms with Gasteiger partial charge >= 0.3 is 5.97 Å². The van der Waals surface area contributed by atoms with Gasteiger partial charge in [0, 0.05) is 143 Å². The number of likely N-dealkylation sites (N-methyl/N-ethyl adjacent to an activating group) is 3. The third-order valence-electron chi connectivity index (χ3n) is 25.1. The molecular weight excluding hydrogens is 1810 g/mol. The number of Topliss-reactive ketones (excluding diaryl/α,β-unsaturated/α-hetero) is 2. The molecule has 15 amide bonds. The number of carboxylic acids is 1. The molecule has 0 bridgehead atoms. The lowest BCUT2D eigenvalue weighted by Gasteiger charge is -2.36. The van der Waals surface area contributed by atoms with Gasteiger partial charge in [0.05, 0.1) is 50.9 Å². The molecule has 3 aromatic heterocycles. The summed E-state index contributed by atoms with van der Waals surface area (Å²) in [6.45, 7) is 2.44. The number of ketones is 2. The Labute approximate surface area is 801 Å². The van der Waals surface area contributed by atoms with Crippen molar-refractivity contribution in [2.24, 2.45) is 29.0 Å². The van der Waals surface area contributed by atoms with E-state index in [4.69, 9.17) is 27.3 Å². The predicted molar refractivity (Wildman–Crippen MR) is 504 cm³/mol. The number of unbranched alkanes of at least 4 members (excludes halogenated alkanes) is 2. The van der Waals surface area contributed by atoms with E-state index >= 15 is 38.4 Å². The van der Waals surface area contributed by atoms with Crippen molar-refractivity contribution in [2.45, 2.75) is 228 Å². The number of para-hydroxylation sites is 2. The molecule has 0 saturated carbocycles. The second-order valence-electron chi connectivity index (χ2n) is 35.1. The summed E-state index contributed by atoms with van der Waals surface area (Å²) in [6, 6.07) is 1.43. The minimum absolute atomic E-state index is 0.00438. The molecule has 9 rings (SSSR count). The van der Waals surface area contributed by atoms with Crippen LogP contribution >= 0.6 is 11.8 Å². The van der Waals surface area contributed by atoms with Crippen LogP contribution in [0, 0.1) is 17.2 Å². The van der Waals surface area contributed by atoms with Crippen LogP contribution in [0.15, 0.2) is 97.7 Å². The van der Waals surface area contributed by atoms with Crippen molar-refractivity contribution < 1.29 is 106 Å². The van der Waals surface area contributed by atoms with Crippen LogP contribution in [0.5, 0.6) is 5.75 Å². The van der Waals surface area contributed by atoms with Crippen LogP contribution in [0.3, 0.4) is 0 Å². The average Bonchev–Trinajstić information content (AvgIpc) is 1.63. The largest absolute Gasteiger partial charge is 0.497 e. The van der Waals surface area contributed by atoms with E-state index in [-0.39, 0.29) is 76.6 Å². The summed E-state index contributed by atoms with van der Waals surface area (Å²) in [6.07, 6.45) is 0.786. The summed E-state index contributed by atoms with van der Waals surface area (Å²) in [7, 11) is 5.37. The molecule has 3 saturated heterocycles. The Morgan fingerprint density at radius 2 is 1.17 bits per heavy atom. The van der Waals surface area contributed by atoms with Crippen LogP contribution in [-0.4, -0.2) is 323 Å². The number of hydrogen-bond acceptors (Lipinski definition) is 24. The first-order chi connectivity index (χ1) is 65.8. The Morgan fingerprint density at radius 3 is 1.78 bits per heavy atom. The van der Waals surface area contributed by atoms with Crippen LogP contribution < -0.4 is 69.8 Å². The number of aromatic amines is 3. The number of ether oxygens (including phenoxy) is 1. The highest BCUT2D eigenvalue weighted by molar-refractivity contribution is 8.00. The number of nitrogens with zero attached hydrogens (tertiary/aromatic N) is 6. The number of aliphatic hydroxyl groups excluding tert-OH is 2. The zero-order chi connectivity index (χ0) is 101. The van der Waals surface area contributed by atoms with E-state index in [2.05, 4.69) is 67.8 Å². The van der Waals surface area contributed by atoms with Gasteiger partial charge in [-0.1, -0.05) is 88.1 Å². The first-order valence-electron chi connectivity index (χ1n) is 46.1. The highest BCUT2D eigenvalue weighted by atomic mass is 32.2. The maximum Gasteiger partial charge on any atom is 0.303 e. The molecule has 0 aliphatic carbocycles. The number of H-pyrrole nitrogens is 3. The third-order valence-corrected chi connectivity index (χ3v) is 26.1. The van der Waals surface area contributed by atoms with E-state index in [1.165, 1.54) is 52.6 Å². The van der Waals surface area contributed by atoms with Gasteiger partial charge < -0.3 is 125 Å². The molecule has 22 N–H and O–H groups in total. The number of nitrogens with two attached hydrogens (primary N) is 3. The van der Waals surface area contributed by atoms with Gasteiger partial charge in [-0.05, 0) is 106 Å². The smallest absolute Gasteiger partial charge is 0.303 e. The van der Waals surface area contributed by atoms with E-state index in [9.17, 15) is 63.3 Å². The first kappa shape index (κ1) is 108. The number of primary amides is 2. The Kier molecular flexibility index (Phi) is 40.6. The number of amides is 15. The molecule has 138 heavy (non-hydrogen) atoms. The summed E-state index contributed by atoms with van der Waals surface area (Å²) in [5, 5.41) is 65.5. The number of fused-ring (bicyclic) bond motifs is 4. The number of methoxy groups -OCH3 is 1. The SMILES string of the molecule is CCCC[C@H]1C(=O)N(C)[C@@H](CCCC)C(=O)N[C@@H](CCCNC(=N)N)C(=O)N[C@H](C(=O)NCC(N)=O)CSCC(=O)N[C@@H](Cc2ccc(OC)cc2)C(=O)N(C)[C@@H](C)C(=O)N[C@@H](CC(N)=O)C(=O)N2CCC[C@H]2C(=O)N[C@@H](Cc2cnc[nH]2)C(=O)N[C@@H](CCC(=O)O)C(=O)N2C[C@H](O)C[C@H]2C(=O)C[C@@H](Cc2c[nH]c3ccccc23)C(=O)N[C@@H](CO)C(=O)C[C@@H](Cc2c[nH]c3ccccc23)C(=O)N1C. The van der Waals surface area contributed by atoms with Crippen molar-refractivity contribution in [3.8, 4) is 5.75 Å². The summed E-state index contributed by atoms with van der Waals surface area (Å²) >= 11 is 0.770. The fourth-order valence-corrected chi connectivity index (χ4v) is 18.2. The second kappa shape index (κ2) is 51.9. The molecule has 3 fully saturated rings. The minimum Gasteiger partial charge on any atom is -0.497 e. The molecule has 0 unspecified atom stereocenters. The quantitative estimate of drug-likeness (QED) is 0.0149. The molecular formula is C93H128N22O22S.